The highest BCUT2D eigenvalue weighted by atomic mass is 35.5. The van der Waals surface area contributed by atoms with Gasteiger partial charge in [-0.3, -0.25) is 4.57 Å². The smallest absolute Gasteiger partial charge is 0.100 e. The van der Waals surface area contributed by atoms with Crippen LogP contribution >= 0.6 is 23.2 Å². The third-order valence-electron chi connectivity index (χ3n) is 2.90. The van der Waals surface area contributed by atoms with Crippen LogP contribution in [0.1, 0.15) is 5.56 Å². The van der Waals surface area contributed by atoms with Crippen LogP contribution in [0.15, 0.2) is 48.8 Å². The lowest BCUT2D eigenvalue weighted by Crippen LogP contribution is -1.96. The second-order valence-corrected chi connectivity index (χ2v) is 4.71. The zero-order valence-electron chi connectivity index (χ0n) is 9.48. The van der Waals surface area contributed by atoms with Gasteiger partial charge in [-0.25, -0.2) is 4.98 Å². The van der Waals surface area contributed by atoms with Crippen molar-refractivity contribution in [1.82, 2.24) is 9.55 Å². The van der Waals surface area contributed by atoms with Gasteiger partial charge >= 0.3 is 0 Å². The molecule has 0 N–H and O–H groups in total. The lowest BCUT2D eigenvalue weighted by molar-refractivity contribution is 1.07. The van der Waals surface area contributed by atoms with E-state index in [4.69, 9.17) is 23.2 Å². The van der Waals surface area contributed by atoms with Gasteiger partial charge in [-0.15, -0.1) is 11.6 Å². The molecule has 0 atom stereocenters. The third kappa shape index (κ3) is 1.88. The Labute approximate surface area is 115 Å². The number of para-hydroxylation sites is 2. The number of hydrogen-bond donors (Lipinski definition) is 0. The van der Waals surface area contributed by atoms with Crippen LogP contribution in [0.5, 0.6) is 0 Å². The highest BCUT2D eigenvalue weighted by molar-refractivity contribution is 6.30. The van der Waals surface area contributed by atoms with Crippen molar-refractivity contribution in [2.75, 3.05) is 0 Å². The molecule has 0 radical (unpaired) electrons. The van der Waals surface area contributed by atoms with Gasteiger partial charge in [-0.05, 0) is 35.9 Å². The fraction of sp³-hybridized carbons (Fsp3) is 0.0714. The first-order chi connectivity index (χ1) is 8.79. The van der Waals surface area contributed by atoms with Crippen LogP contribution in [-0.2, 0) is 5.88 Å². The summed E-state index contributed by atoms with van der Waals surface area (Å²) in [6, 6.07) is 13.7. The van der Waals surface area contributed by atoms with Crippen LogP contribution in [0.4, 0.5) is 0 Å². The van der Waals surface area contributed by atoms with E-state index in [9.17, 15) is 0 Å². The molecule has 3 aromatic rings. The number of nitrogens with zero attached hydrogens (tertiary/aromatic N) is 2. The quantitative estimate of drug-likeness (QED) is 0.634. The van der Waals surface area contributed by atoms with Gasteiger partial charge in [-0.1, -0.05) is 23.7 Å². The average molecular weight is 277 g/mol. The summed E-state index contributed by atoms with van der Waals surface area (Å²) in [4.78, 5) is 4.38. The van der Waals surface area contributed by atoms with Crippen molar-refractivity contribution in [1.29, 1.82) is 0 Å². The Morgan fingerprint density at radius 1 is 1.11 bits per heavy atom. The van der Waals surface area contributed by atoms with Crippen LogP contribution in [0, 0.1) is 0 Å². The summed E-state index contributed by atoms with van der Waals surface area (Å²) in [7, 11) is 0. The SMILES string of the molecule is ClCc1cc(Cl)ccc1-n1cnc2ccccc21. The molecule has 0 saturated carbocycles. The first-order valence-corrected chi connectivity index (χ1v) is 6.47. The molecule has 3 rings (SSSR count). The fourth-order valence-electron chi connectivity index (χ4n) is 2.05. The molecule has 0 aliphatic rings. The highest BCUT2D eigenvalue weighted by Gasteiger charge is 2.08. The van der Waals surface area contributed by atoms with Gasteiger partial charge < -0.3 is 0 Å². The number of halogens is 2. The molecule has 1 aromatic heterocycles. The first kappa shape index (κ1) is 11.6. The predicted molar refractivity (Wildman–Crippen MR) is 75.6 cm³/mol. The molecule has 90 valence electrons. The average Bonchev–Trinajstić information content (AvgIpc) is 2.82. The topological polar surface area (TPSA) is 17.8 Å². The van der Waals surface area contributed by atoms with E-state index in [0.717, 1.165) is 22.3 Å². The number of aromatic nitrogens is 2. The lowest BCUT2D eigenvalue weighted by atomic mass is 10.2. The molecule has 0 saturated heterocycles. The van der Waals surface area contributed by atoms with Gasteiger partial charge in [0.2, 0.25) is 0 Å². The van der Waals surface area contributed by atoms with Gasteiger partial charge in [0.15, 0.2) is 0 Å². The number of benzene rings is 2. The Kier molecular flexibility index (Phi) is 2.98. The Morgan fingerprint density at radius 3 is 2.78 bits per heavy atom. The molecule has 0 aliphatic heterocycles. The van der Waals surface area contributed by atoms with Crippen molar-refractivity contribution in [3.63, 3.8) is 0 Å². The molecule has 0 amide bonds. The Bertz CT molecular complexity index is 704. The van der Waals surface area contributed by atoms with E-state index in [1.54, 1.807) is 0 Å². The molecular weight excluding hydrogens is 267 g/mol. The summed E-state index contributed by atoms with van der Waals surface area (Å²) in [5.41, 5.74) is 4.04. The summed E-state index contributed by atoms with van der Waals surface area (Å²) in [5, 5.41) is 0.693. The van der Waals surface area contributed by atoms with Gasteiger partial charge in [0, 0.05) is 10.9 Å². The van der Waals surface area contributed by atoms with Crippen molar-refractivity contribution in [2.45, 2.75) is 5.88 Å². The van der Waals surface area contributed by atoms with E-state index in [1.807, 2.05) is 53.4 Å². The second kappa shape index (κ2) is 4.63. The van der Waals surface area contributed by atoms with Crippen molar-refractivity contribution < 1.29 is 0 Å². The molecule has 4 heteroatoms. The maximum absolute atomic E-state index is 5.99. The maximum Gasteiger partial charge on any atom is 0.100 e. The largest absolute Gasteiger partial charge is 0.299 e. The minimum absolute atomic E-state index is 0.419. The molecular formula is C14H10Cl2N2. The molecule has 0 spiro atoms. The minimum Gasteiger partial charge on any atom is -0.299 e. The van der Waals surface area contributed by atoms with E-state index in [2.05, 4.69) is 4.98 Å². The van der Waals surface area contributed by atoms with Crippen LogP contribution in [-0.4, -0.2) is 9.55 Å². The summed E-state index contributed by atoms with van der Waals surface area (Å²) < 4.78 is 2.03. The molecule has 0 bridgehead atoms. The molecule has 0 unspecified atom stereocenters. The number of imidazole rings is 1. The number of alkyl halides is 1. The van der Waals surface area contributed by atoms with E-state index in [-0.39, 0.29) is 0 Å². The van der Waals surface area contributed by atoms with Crippen LogP contribution in [0.25, 0.3) is 16.7 Å². The highest BCUT2D eigenvalue weighted by Crippen LogP contribution is 2.24. The van der Waals surface area contributed by atoms with Crippen LogP contribution < -0.4 is 0 Å². The summed E-state index contributed by atoms with van der Waals surface area (Å²) in [6.45, 7) is 0. The zero-order valence-corrected chi connectivity index (χ0v) is 11.0. The maximum atomic E-state index is 5.99. The fourth-order valence-corrected chi connectivity index (χ4v) is 2.46. The first-order valence-electron chi connectivity index (χ1n) is 5.56. The number of fused-ring (bicyclic) bond motifs is 1. The standard InChI is InChI=1S/C14H10Cl2N2/c15-8-10-7-11(16)5-6-13(10)18-9-17-12-3-1-2-4-14(12)18/h1-7,9H,8H2. The third-order valence-corrected chi connectivity index (χ3v) is 3.42. The minimum atomic E-state index is 0.419. The van der Waals surface area contributed by atoms with Gasteiger partial charge in [-0.2, -0.15) is 0 Å². The molecule has 1 heterocycles. The van der Waals surface area contributed by atoms with Gasteiger partial charge in [0.25, 0.3) is 0 Å². The van der Waals surface area contributed by atoms with E-state index in [0.29, 0.717) is 10.9 Å². The Hall–Kier alpha value is -1.51. The Morgan fingerprint density at radius 2 is 1.94 bits per heavy atom. The summed E-state index contributed by atoms with van der Waals surface area (Å²) >= 11 is 12.0. The number of rotatable bonds is 2. The van der Waals surface area contributed by atoms with Crippen LogP contribution in [0.2, 0.25) is 5.02 Å². The molecule has 18 heavy (non-hydrogen) atoms. The second-order valence-electron chi connectivity index (χ2n) is 4.01. The normalized spacial score (nSPS) is 11.0. The monoisotopic (exact) mass is 276 g/mol. The molecule has 2 nitrogen and oxygen atoms in total. The zero-order chi connectivity index (χ0) is 12.5. The van der Waals surface area contributed by atoms with E-state index in [1.165, 1.54) is 0 Å². The summed E-state index contributed by atoms with van der Waals surface area (Å²) in [6.07, 6.45) is 1.81. The number of hydrogen-bond acceptors (Lipinski definition) is 1. The van der Waals surface area contributed by atoms with Crippen molar-refractivity contribution in [3.8, 4) is 5.69 Å². The lowest BCUT2D eigenvalue weighted by Gasteiger charge is -2.09. The van der Waals surface area contributed by atoms with Crippen molar-refractivity contribution in [2.24, 2.45) is 0 Å². The van der Waals surface area contributed by atoms with E-state index >= 15 is 0 Å². The van der Waals surface area contributed by atoms with Crippen molar-refractivity contribution in [3.05, 3.63) is 59.4 Å². The van der Waals surface area contributed by atoms with Crippen LogP contribution in [0.3, 0.4) is 0 Å². The van der Waals surface area contributed by atoms with Gasteiger partial charge in [0.05, 0.1) is 16.7 Å². The predicted octanol–water partition coefficient (Wildman–Crippen LogP) is 4.42. The Balaban J connectivity index is 2.26. The molecule has 0 aliphatic carbocycles. The molecule has 2 aromatic carbocycles. The molecule has 0 fully saturated rings. The summed E-state index contributed by atoms with van der Waals surface area (Å²) in [5.74, 6) is 0.419. The van der Waals surface area contributed by atoms with E-state index < -0.39 is 0 Å². The van der Waals surface area contributed by atoms with Gasteiger partial charge in [0.1, 0.15) is 6.33 Å². The van der Waals surface area contributed by atoms with Crippen molar-refractivity contribution >= 4 is 34.2 Å².